The molecule has 4 rings (SSSR count). The van der Waals surface area contributed by atoms with Crippen LogP contribution in [-0.4, -0.2) is 36.1 Å². The van der Waals surface area contributed by atoms with Gasteiger partial charge in [-0.15, -0.1) is 0 Å². The minimum Gasteiger partial charge on any atom is -0.338 e. The van der Waals surface area contributed by atoms with Gasteiger partial charge in [-0.1, -0.05) is 5.16 Å². The summed E-state index contributed by atoms with van der Waals surface area (Å²) in [7, 11) is 2.02. The van der Waals surface area contributed by atoms with E-state index >= 15 is 0 Å². The molecule has 124 valence electrons. The van der Waals surface area contributed by atoms with Crippen LogP contribution in [0.3, 0.4) is 0 Å². The summed E-state index contributed by atoms with van der Waals surface area (Å²) in [6.45, 7) is 3.84. The van der Waals surface area contributed by atoms with Gasteiger partial charge >= 0.3 is 0 Å². The highest BCUT2D eigenvalue weighted by atomic mass is 16.5. The number of hydrogen-bond donors (Lipinski definition) is 0. The molecule has 24 heavy (non-hydrogen) atoms. The average Bonchev–Trinajstić information content (AvgIpc) is 3.30. The van der Waals surface area contributed by atoms with Gasteiger partial charge in [0, 0.05) is 37.7 Å². The lowest BCUT2D eigenvalue weighted by Gasteiger charge is -2.20. The molecule has 1 aliphatic rings. The van der Waals surface area contributed by atoms with E-state index in [9.17, 15) is 0 Å². The van der Waals surface area contributed by atoms with Crippen molar-refractivity contribution in [3.8, 4) is 11.4 Å². The quantitative estimate of drug-likeness (QED) is 0.734. The summed E-state index contributed by atoms with van der Waals surface area (Å²) in [6, 6.07) is 3.94. The predicted molar refractivity (Wildman–Crippen MR) is 87.9 cm³/mol. The Balaban J connectivity index is 1.53. The molecule has 1 atom stereocenters. The third-order valence-corrected chi connectivity index (χ3v) is 4.55. The second-order valence-corrected chi connectivity index (χ2v) is 6.21. The Kier molecular flexibility index (Phi) is 3.86. The van der Waals surface area contributed by atoms with E-state index in [0.29, 0.717) is 11.7 Å². The number of nitrogens with zero attached hydrogens (tertiary/aromatic N) is 6. The van der Waals surface area contributed by atoms with Gasteiger partial charge in [-0.3, -0.25) is 9.88 Å². The summed E-state index contributed by atoms with van der Waals surface area (Å²) in [6.07, 6.45) is 7.71. The lowest BCUT2D eigenvalue weighted by atomic mass is 10.2. The monoisotopic (exact) mass is 324 g/mol. The highest BCUT2D eigenvalue weighted by Crippen LogP contribution is 2.33. The summed E-state index contributed by atoms with van der Waals surface area (Å²) in [5, 5.41) is 4.13. The average molecular weight is 324 g/mol. The number of rotatable bonds is 4. The van der Waals surface area contributed by atoms with E-state index in [-0.39, 0.29) is 6.04 Å². The van der Waals surface area contributed by atoms with Crippen molar-refractivity contribution in [2.24, 2.45) is 7.05 Å². The Morgan fingerprint density at radius 3 is 2.83 bits per heavy atom. The van der Waals surface area contributed by atoms with Crippen LogP contribution >= 0.6 is 0 Å². The highest BCUT2D eigenvalue weighted by Gasteiger charge is 2.31. The second kappa shape index (κ2) is 6.16. The van der Waals surface area contributed by atoms with E-state index in [2.05, 4.69) is 35.8 Å². The standard InChI is InChI=1S/C17H20N6O/c1-12-19-14(10-22(12)2)11-23-9-3-4-15(23)17-20-16(21-24-17)13-5-7-18-8-6-13/h5-8,10,15H,3-4,9,11H2,1-2H3/t15-/m0/s1. The Morgan fingerprint density at radius 1 is 1.25 bits per heavy atom. The second-order valence-electron chi connectivity index (χ2n) is 6.21. The van der Waals surface area contributed by atoms with Gasteiger partial charge in [0.25, 0.3) is 0 Å². The molecule has 0 aliphatic carbocycles. The molecule has 0 radical (unpaired) electrons. The Labute approximate surface area is 140 Å². The molecule has 0 bridgehead atoms. The van der Waals surface area contributed by atoms with Crippen molar-refractivity contribution in [2.75, 3.05) is 6.54 Å². The number of aryl methyl sites for hydroxylation is 2. The summed E-state index contributed by atoms with van der Waals surface area (Å²) in [5.74, 6) is 2.33. The van der Waals surface area contributed by atoms with Crippen molar-refractivity contribution in [3.63, 3.8) is 0 Å². The summed E-state index contributed by atoms with van der Waals surface area (Å²) in [4.78, 5) is 15.6. The molecule has 0 N–H and O–H groups in total. The third-order valence-electron chi connectivity index (χ3n) is 4.55. The normalized spacial score (nSPS) is 18.3. The first-order valence-electron chi connectivity index (χ1n) is 8.17. The van der Waals surface area contributed by atoms with Gasteiger partial charge in [0.05, 0.1) is 11.7 Å². The molecule has 1 aliphatic heterocycles. The number of aromatic nitrogens is 5. The Bertz CT molecular complexity index is 805. The maximum Gasteiger partial charge on any atom is 0.244 e. The molecular formula is C17H20N6O. The molecule has 0 saturated carbocycles. The maximum atomic E-state index is 5.55. The zero-order valence-electron chi connectivity index (χ0n) is 13.9. The molecule has 4 heterocycles. The Hall–Kier alpha value is -2.54. The van der Waals surface area contributed by atoms with Gasteiger partial charge < -0.3 is 9.09 Å². The first-order valence-corrected chi connectivity index (χ1v) is 8.17. The molecule has 3 aromatic rings. The molecular weight excluding hydrogens is 304 g/mol. The van der Waals surface area contributed by atoms with Crippen molar-refractivity contribution in [2.45, 2.75) is 32.4 Å². The van der Waals surface area contributed by atoms with Crippen molar-refractivity contribution in [1.29, 1.82) is 0 Å². The first-order chi connectivity index (χ1) is 11.7. The lowest BCUT2D eigenvalue weighted by molar-refractivity contribution is 0.199. The minimum absolute atomic E-state index is 0.162. The van der Waals surface area contributed by atoms with Crippen LogP contribution in [0.1, 0.15) is 36.3 Å². The van der Waals surface area contributed by atoms with Crippen molar-refractivity contribution in [1.82, 2.24) is 29.6 Å². The number of pyridine rings is 1. The molecule has 0 spiro atoms. The van der Waals surface area contributed by atoms with E-state index < -0.39 is 0 Å². The van der Waals surface area contributed by atoms with Crippen molar-refractivity contribution in [3.05, 3.63) is 48.1 Å². The highest BCUT2D eigenvalue weighted by molar-refractivity contribution is 5.52. The van der Waals surface area contributed by atoms with Crippen molar-refractivity contribution >= 4 is 0 Å². The van der Waals surface area contributed by atoms with E-state index in [1.807, 2.05) is 26.1 Å². The lowest BCUT2D eigenvalue weighted by Crippen LogP contribution is -2.23. The van der Waals surface area contributed by atoms with E-state index in [1.54, 1.807) is 12.4 Å². The molecule has 1 saturated heterocycles. The van der Waals surface area contributed by atoms with Crippen LogP contribution in [0.25, 0.3) is 11.4 Å². The zero-order valence-corrected chi connectivity index (χ0v) is 13.9. The molecule has 1 fully saturated rings. The fourth-order valence-electron chi connectivity index (χ4n) is 3.20. The molecule has 7 nitrogen and oxygen atoms in total. The van der Waals surface area contributed by atoms with Gasteiger partial charge in [-0.05, 0) is 38.4 Å². The Morgan fingerprint density at radius 2 is 2.08 bits per heavy atom. The summed E-state index contributed by atoms with van der Waals surface area (Å²) >= 11 is 0. The number of likely N-dealkylation sites (tertiary alicyclic amines) is 1. The smallest absolute Gasteiger partial charge is 0.244 e. The van der Waals surface area contributed by atoms with Crippen molar-refractivity contribution < 1.29 is 4.52 Å². The SMILES string of the molecule is Cc1nc(CN2CCC[C@H]2c2nc(-c3ccncc3)no2)cn1C. The van der Waals surface area contributed by atoms with Crippen LogP contribution in [0.5, 0.6) is 0 Å². The molecule has 0 aromatic carbocycles. The maximum absolute atomic E-state index is 5.55. The fourth-order valence-corrected chi connectivity index (χ4v) is 3.20. The van der Waals surface area contributed by atoms with Gasteiger partial charge in [0.1, 0.15) is 5.82 Å². The predicted octanol–water partition coefficient (Wildman–Crippen LogP) is 2.51. The molecule has 0 amide bonds. The van der Waals surface area contributed by atoms with Crippen LogP contribution in [0.2, 0.25) is 0 Å². The van der Waals surface area contributed by atoms with Crippen LogP contribution in [-0.2, 0) is 13.6 Å². The van der Waals surface area contributed by atoms with Crippen LogP contribution in [0.4, 0.5) is 0 Å². The van der Waals surface area contributed by atoms with Crippen LogP contribution in [0, 0.1) is 6.92 Å². The van der Waals surface area contributed by atoms with Gasteiger partial charge in [-0.25, -0.2) is 4.98 Å². The van der Waals surface area contributed by atoms with Crippen LogP contribution in [0.15, 0.2) is 35.2 Å². The summed E-state index contributed by atoms with van der Waals surface area (Å²) < 4.78 is 7.60. The number of imidazole rings is 1. The minimum atomic E-state index is 0.162. The molecule has 0 unspecified atom stereocenters. The first kappa shape index (κ1) is 15.0. The fraction of sp³-hybridized carbons (Fsp3) is 0.412. The summed E-state index contributed by atoms with van der Waals surface area (Å²) in [5.41, 5.74) is 2.00. The third kappa shape index (κ3) is 2.82. The van der Waals surface area contributed by atoms with Crippen LogP contribution < -0.4 is 0 Å². The zero-order chi connectivity index (χ0) is 16.5. The van der Waals surface area contributed by atoms with E-state index in [4.69, 9.17) is 4.52 Å². The molecule has 3 aromatic heterocycles. The van der Waals surface area contributed by atoms with E-state index in [1.165, 1.54) is 0 Å². The van der Waals surface area contributed by atoms with Gasteiger partial charge in [0.2, 0.25) is 11.7 Å². The van der Waals surface area contributed by atoms with Gasteiger partial charge in [0.15, 0.2) is 0 Å². The molecule has 7 heteroatoms. The number of hydrogen-bond acceptors (Lipinski definition) is 6. The van der Waals surface area contributed by atoms with Gasteiger partial charge in [-0.2, -0.15) is 4.98 Å². The van der Waals surface area contributed by atoms with E-state index in [0.717, 1.165) is 43.0 Å². The topological polar surface area (TPSA) is 72.9 Å². The largest absolute Gasteiger partial charge is 0.338 e.